The van der Waals surface area contributed by atoms with Gasteiger partial charge < -0.3 is 15.8 Å². The zero-order valence-electron chi connectivity index (χ0n) is 9.24. The first-order valence-electron chi connectivity index (χ1n) is 5.26. The number of benzene rings is 1. The molecule has 4 nitrogen and oxygen atoms in total. The first-order valence-corrected chi connectivity index (χ1v) is 5.26. The SMILES string of the molecule is [NH3+][C@](CF)(Cc1c[nH]c2ccccc12)C(=O)O. The van der Waals surface area contributed by atoms with Crippen LogP contribution >= 0.6 is 0 Å². The second-order valence-corrected chi connectivity index (χ2v) is 4.26. The van der Waals surface area contributed by atoms with Crippen LogP contribution in [0, 0.1) is 0 Å². The second kappa shape index (κ2) is 4.18. The number of hydrogen-bond donors (Lipinski definition) is 3. The first kappa shape index (κ1) is 11.6. The zero-order chi connectivity index (χ0) is 12.5. The summed E-state index contributed by atoms with van der Waals surface area (Å²) in [5.74, 6) is -1.22. The molecular formula is C12H14FN2O2+. The van der Waals surface area contributed by atoms with Gasteiger partial charge in [-0.25, -0.2) is 9.18 Å². The molecule has 0 fully saturated rings. The molecule has 2 aromatic rings. The Morgan fingerprint density at radius 1 is 1.47 bits per heavy atom. The van der Waals surface area contributed by atoms with Gasteiger partial charge in [-0.05, 0) is 11.6 Å². The smallest absolute Gasteiger partial charge is 0.368 e. The quantitative estimate of drug-likeness (QED) is 0.733. The minimum Gasteiger partial charge on any atom is -0.477 e. The lowest BCUT2D eigenvalue weighted by Crippen LogP contribution is -2.79. The number of nitrogens with one attached hydrogen (secondary N) is 1. The predicted molar refractivity (Wildman–Crippen MR) is 61.2 cm³/mol. The normalized spacial score (nSPS) is 14.7. The number of fused-ring (bicyclic) bond motifs is 1. The number of carbonyl (C=O) groups is 1. The lowest BCUT2D eigenvalue weighted by atomic mass is 9.93. The lowest BCUT2D eigenvalue weighted by Gasteiger charge is -2.16. The summed E-state index contributed by atoms with van der Waals surface area (Å²) < 4.78 is 12.8. The molecule has 90 valence electrons. The summed E-state index contributed by atoms with van der Waals surface area (Å²) in [5.41, 5.74) is 3.56. The number of aliphatic carboxylic acids is 1. The van der Waals surface area contributed by atoms with Crippen LogP contribution in [0.1, 0.15) is 5.56 Å². The lowest BCUT2D eigenvalue weighted by molar-refractivity contribution is -0.463. The monoisotopic (exact) mass is 237 g/mol. The van der Waals surface area contributed by atoms with Gasteiger partial charge in [0.15, 0.2) is 6.67 Å². The molecule has 1 atom stereocenters. The van der Waals surface area contributed by atoms with Crippen molar-refractivity contribution in [1.82, 2.24) is 4.98 Å². The Kier molecular flexibility index (Phi) is 2.85. The molecule has 0 unspecified atom stereocenters. The third kappa shape index (κ3) is 2.01. The number of H-pyrrole nitrogens is 1. The molecule has 0 saturated heterocycles. The number of quaternary nitrogens is 1. The first-order chi connectivity index (χ1) is 8.07. The van der Waals surface area contributed by atoms with Crippen molar-refractivity contribution < 1.29 is 20.0 Å². The van der Waals surface area contributed by atoms with Crippen molar-refractivity contribution >= 4 is 16.9 Å². The highest BCUT2D eigenvalue weighted by molar-refractivity contribution is 5.85. The highest BCUT2D eigenvalue weighted by Crippen LogP contribution is 2.21. The maximum atomic E-state index is 12.8. The molecule has 0 aliphatic carbocycles. The van der Waals surface area contributed by atoms with Crippen molar-refractivity contribution in [3.8, 4) is 0 Å². The molecule has 1 aromatic heterocycles. The molecule has 0 bridgehead atoms. The molecule has 17 heavy (non-hydrogen) atoms. The molecule has 5 heteroatoms. The van der Waals surface area contributed by atoms with E-state index in [1.54, 1.807) is 6.20 Å². The maximum Gasteiger partial charge on any atom is 0.368 e. The van der Waals surface area contributed by atoms with Crippen molar-refractivity contribution in [3.05, 3.63) is 36.0 Å². The van der Waals surface area contributed by atoms with Crippen LogP contribution in [0.2, 0.25) is 0 Å². The van der Waals surface area contributed by atoms with E-state index in [0.29, 0.717) is 0 Å². The average Bonchev–Trinajstić information content (AvgIpc) is 2.72. The van der Waals surface area contributed by atoms with E-state index >= 15 is 0 Å². The molecule has 0 aliphatic rings. The van der Waals surface area contributed by atoms with E-state index in [4.69, 9.17) is 5.11 Å². The van der Waals surface area contributed by atoms with Gasteiger partial charge in [0, 0.05) is 23.5 Å². The summed E-state index contributed by atoms with van der Waals surface area (Å²) in [7, 11) is 0. The van der Waals surface area contributed by atoms with Crippen molar-refractivity contribution in [3.63, 3.8) is 0 Å². The fourth-order valence-corrected chi connectivity index (χ4v) is 1.82. The number of halogens is 1. The van der Waals surface area contributed by atoms with E-state index < -0.39 is 18.2 Å². The van der Waals surface area contributed by atoms with Gasteiger partial charge in [-0.15, -0.1) is 0 Å². The molecule has 2 rings (SSSR count). The number of carboxylic acid groups (broad SMARTS) is 1. The molecule has 0 amide bonds. The van der Waals surface area contributed by atoms with Gasteiger partial charge in [-0.2, -0.15) is 0 Å². The minimum atomic E-state index is -1.61. The molecule has 1 heterocycles. The van der Waals surface area contributed by atoms with Crippen LogP contribution in [0.5, 0.6) is 0 Å². The molecule has 0 saturated carbocycles. The summed E-state index contributed by atoms with van der Waals surface area (Å²) in [6, 6.07) is 7.51. The molecule has 0 radical (unpaired) electrons. The number of aromatic nitrogens is 1. The Morgan fingerprint density at radius 2 is 2.18 bits per heavy atom. The van der Waals surface area contributed by atoms with E-state index in [1.165, 1.54) is 0 Å². The fourth-order valence-electron chi connectivity index (χ4n) is 1.82. The van der Waals surface area contributed by atoms with Gasteiger partial charge in [0.25, 0.3) is 0 Å². The van der Waals surface area contributed by atoms with Crippen LogP contribution in [0.15, 0.2) is 30.5 Å². The highest BCUT2D eigenvalue weighted by Gasteiger charge is 2.39. The van der Waals surface area contributed by atoms with E-state index in [9.17, 15) is 9.18 Å². The Morgan fingerprint density at radius 3 is 2.82 bits per heavy atom. The van der Waals surface area contributed by atoms with Crippen LogP contribution in [-0.4, -0.2) is 28.3 Å². The Labute approximate surface area is 97.2 Å². The summed E-state index contributed by atoms with van der Waals surface area (Å²) in [6.45, 7) is -0.984. The van der Waals surface area contributed by atoms with Crippen molar-refractivity contribution in [1.29, 1.82) is 0 Å². The summed E-state index contributed by atoms with van der Waals surface area (Å²) in [4.78, 5) is 14.0. The molecule has 0 aliphatic heterocycles. The van der Waals surface area contributed by atoms with Crippen molar-refractivity contribution in [2.75, 3.05) is 6.67 Å². The third-order valence-electron chi connectivity index (χ3n) is 2.91. The van der Waals surface area contributed by atoms with Gasteiger partial charge >= 0.3 is 5.97 Å². The molecule has 5 N–H and O–H groups in total. The third-order valence-corrected chi connectivity index (χ3v) is 2.91. The predicted octanol–water partition coefficient (Wildman–Crippen LogP) is 0.745. The number of alkyl halides is 1. The Balaban J connectivity index is 2.38. The highest BCUT2D eigenvalue weighted by atomic mass is 19.1. The van der Waals surface area contributed by atoms with Crippen LogP contribution in [0.3, 0.4) is 0 Å². The average molecular weight is 237 g/mol. The topological polar surface area (TPSA) is 80.7 Å². The van der Waals surface area contributed by atoms with Crippen LogP contribution in [0.4, 0.5) is 4.39 Å². The van der Waals surface area contributed by atoms with Gasteiger partial charge in [0.1, 0.15) is 0 Å². The van der Waals surface area contributed by atoms with Crippen molar-refractivity contribution in [2.45, 2.75) is 12.0 Å². The number of para-hydroxylation sites is 1. The van der Waals surface area contributed by atoms with E-state index in [-0.39, 0.29) is 6.42 Å². The Hall–Kier alpha value is -1.88. The summed E-state index contributed by atoms with van der Waals surface area (Å²) >= 11 is 0. The van der Waals surface area contributed by atoms with Gasteiger partial charge in [-0.1, -0.05) is 18.2 Å². The van der Waals surface area contributed by atoms with Gasteiger partial charge in [-0.3, -0.25) is 0 Å². The molecule has 1 aromatic carbocycles. The molecular weight excluding hydrogens is 223 g/mol. The van der Waals surface area contributed by atoms with Gasteiger partial charge in [0.2, 0.25) is 5.54 Å². The summed E-state index contributed by atoms with van der Waals surface area (Å²) in [5, 5.41) is 9.90. The summed E-state index contributed by atoms with van der Waals surface area (Å²) in [6.07, 6.45) is 1.78. The standard InChI is InChI=1S/C12H13FN2O2/c13-7-12(14,11(16)17)5-8-6-15-10-4-2-1-3-9(8)10/h1-4,6,15H,5,7,14H2,(H,16,17)/p+1/t12-/m0/s1. The van der Waals surface area contributed by atoms with E-state index in [0.717, 1.165) is 16.5 Å². The number of rotatable bonds is 4. The van der Waals surface area contributed by atoms with Gasteiger partial charge in [0.05, 0.1) is 0 Å². The number of hydrogen-bond acceptors (Lipinski definition) is 1. The number of aromatic amines is 1. The number of carboxylic acids is 1. The second-order valence-electron chi connectivity index (χ2n) is 4.26. The van der Waals surface area contributed by atoms with Crippen molar-refractivity contribution in [2.24, 2.45) is 0 Å². The molecule has 0 spiro atoms. The van der Waals surface area contributed by atoms with Crippen LogP contribution in [-0.2, 0) is 11.2 Å². The maximum absolute atomic E-state index is 12.8. The van der Waals surface area contributed by atoms with Crippen LogP contribution in [0.25, 0.3) is 10.9 Å². The zero-order valence-corrected chi connectivity index (χ0v) is 9.24. The Bertz CT molecular complexity index is 552. The van der Waals surface area contributed by atoms with E-state index in [1.807, 2.05) is 24.3 Å². The largest absolute Gasteiger partial charge is 0.477 e. The van der Waals surface area contributed by atoms with E-state index in [2.05, 4.69) is 10.7 Å². The van der Waals surface area contributed by atoms with Crippen LogP contribution < -0.4 is 5.73 Å². The minimum absolute atomic E-state index is 0.0723. The fraction of sp³-hybridized carbons (Fsp3) is 0.250.